The van der Waals surface area contributed by atoms with Gasteiger partial charge in [0.1, 0.15) is 10.6 Å². The van der Waals surface area contributed by atoms with Crippen molar-refractivity contribution in [2.75, 3.05) is 11.8 Å². The Labute approximate surface area is 129 Å². The summed E-state index contributed by atoms with van der Waals surface area (Å²) >= 11 is 6.01. The Balaban J connectivity index is 2.42. The lowest BCUT2D eigenvalue weighted by atomic mass is 10.2. The molecule has 2 aromatic rings. The normalized spacial score (nSPS) is 11.2. The maximum atomic E-state index is 12.5. The van der Waals surface area contributed by atoms with Gasteiger partial charge >= 0.3 is 0 Å². The molecule has 0 aliphatic heterocycles. The maximum Gasteiger partial charge on any atom is 0.265 e. The third-order valence-corrected chi connectivity index (χ3v) is 4.84. The van der Waals surface area contributed by atoms with E-state index >= 15 is 0 Å². The largest absolute Gasteiger partial charge is 0.495 e. The van der Waals surface area contributed by atoms with Gasteiger partial charge in [0.25, 0.3) is 10.0 Å². The van der Waals surface area contributed by atoms with Crippen molar-refractivity contribution in [2.24, 2.45) is 0 Å². The molecule has 6 heteroatoms. The molecule has 0 aliphatic carbocycles. The lowest BCUT2D eigenvalue weighted by Crippen LogP contribution is -2.14. The molecule has 4 nitrogen and oxygen atoms in total. The maximum absolute atomic E-state index is 12.5. The van der Waals surface area contributed by atoms with E-state index in [9.17, 15) is 8.42 Å². The first-order chi connectivity index (χ1) is 9.83. The number of nitrogens with one attached hydrogen (secondary N) is 1. The highest BCUT2D eigenvalue weighted by Crippen LogP contribution is 2.28. The fraction of sp³-hybridized carbons (Fsp3) is 0.200. The van der Waals surface area contributed by atoms with E-state index in [4.69, 9.17) is 16.3 Å². The van der Waals surface area contributed by atoms with Crippen LogP contribution in [0.25, 0.3) is 0 Å². The Morgan fingerprint density at radius 3 is 2.43 bits per heavy atom. The predicted molar refractivity (Wildman–Crippen MR) is 84.7 cm³/mol. The molecule has 21 heavy (non-hydrogen) atoms. The molecule has 0 aromatic heterocycles. The molecular weight excluding hydrogens is 310 g/mol. The number of sulfonamides is 1. The van der Waals surface area contributed by atoms with Crippen LogP contribution in [0.4, 0.5) is 5.69 Å². The van der Waals surface area contributed by atoms with Gasteiger partial charge in [-0.15, -0.1) is 0 Å². The number of benzene rings is 2. The SMILES string of the molecule is COc1ccc(C)cc1S(=O)(=O)Nc1ccc(C)c(Cl)c1. The molecule has 0 fully saturated rings. The lowest BCUT2D eigenvalue weighted by molar-refractivity contribution is 0.402. The summed E-state index contributed by atoms with van der Waals surface area (Å²) in [5, 5.41) is 0.506. The third-order valence-electron chi connectivity index (χ3n) is 3.03. The van der Waals surface area contributed by atoms with Gasteiger partial charge in [0, 0.05) is 5.02 Å². The van der Waals surface area contributed by atoms with Crippen LogP contribution in [0.2, 0.25) is 5.02 Å². The first kappa shape index (κ1) is 15.7. The minimum absolute atomic E-state index is 0.0988. The Hall–Kier alpha value is -1.72. The molecule has 0 spiro atoms. The number of ether oxygens (including phenoxy) is 1. The first-order valence-electron chi connectivity index (χ1n) is 6.27. The molecule has 0 bridgehead atoms. The van der Waals surface area contributed by atoms with Crippen LogP contribution < -0.4 is 9.46 Å². The van der Waals surface area contributed by atoms with Gasteiger partial charge in [0.2, 0.25) is 0 Å². The molecule has 0 unspecified atom stereocenters. The topological polar surface area (TPSA) is 55.4 Å². The highest BCUT2D eigenvalue weighted by atomic mass is 35.5. The number of halogens is 1. The molecule has 2 aromatic carbocycles. The van der Waals surface area contributed by atoms with Crippen LogP contribution in [0, 0.1) is 13.8 Å². The van der Waals surface area contributed by atoms with Gasteiger partial charge in [0.05, 0.1) is 12.8 Å². The second-order valence-electron chi connectivity index (χ2n) is 4.72. The van der Waals surface area contributed by atoms with Crippen molar-refractivity contribution in [3.63, 3.8) is 0 Å². The Morgan fingerprint density at radius 1 is 1.10 bits per heavy atom. The van der Waals surface area contributed by atoms with Crippen LogP contribution >= 0.6 is 11.6 Å². The van der Waals surface area contributed by atoms with E-state index in [2.05, 4.69) is 4.72 Å². The van der Waals surface area contributed by atoms with Crippen LogP contribution in [0.1, 0.15) is 11.1 Å². The van der Waals surface area contributed by atoms with Crippen molar-refractivity contribution in [3.05, 3.63) is 52.5 Å². The van der Waals surface area contributed by atoms with Crippen LogP contribution in [-0.2, 0) is 10.0 Å². The number of rotatable bonds is 4. The third kappa shape index (κ3) is 3.49. The molecule has 0 heterocycles. The van der Waals surface area contributed by atoms with Gasteiger partial charge in [0.15, 0.2) is 0 Å². The number of methoxy groups -OCH3 is 1. The van der Waals surface area contributed by atoms with E-state index in [1.54, 1.807) is 36.4 Å². The van der Waals surface area contributed by atoms with Gasteiger partial charge in [-0.2, -0.15) is 0 Å². The Bertz CT molecular complexity index is 772. The van der Waals surface area contributed by atoms with Gasteiger partial charge in [-0.1, -0.05) is 23.7 Å². The summed E-state index contributed by atoms with van der Waals surface area (Å²) in [6.07, 6.45) is 0. The molecule has 2 rings (SSSR count). The summed E-state index contributed by atoms with van der Waals surface area (Å²) in [5.41, 5.74) is 2.13. The summed E-state index contributed by atoms with van der Waals surface area (Å²) in [4.78, 5) is 0.0988. The van der Waals surface area contributed by atoms with E-state index in [0.29, 0.717) is 16.5 Å². The number of anilines is 1. The number of hydrogen-bond donors (Lipinski definition) is 1. The van der Waals surface area contributed by atoms with Crippen molar-refractivity contribution in [1.82, 2.24) is 0 Å². The van der Waals surface area contributed by atoms with Crippen LogP contribution in [0.5, 0.6) is 5.75 Å². The smallest absolute Gasteiger partial charge is 0.265 e. The summed E-state index contributed by atoms with van der Waals surface area (Å²) < 4.78 is 32.6. The van der Waals surface area contributed by atoms with Crippen molar-refractivity contribution < 1.29 is 13.2 Å². The number of hydrogen-bond acceptors (Lipinski definition) is 3. The molecular formula is C15H16ClNO3S. The average molecular weight is 326 g/mol. The highest BCUT2D eigenvalue weighted by molar-refractivity contribution is 7.92. The van der Waals surface area contributed by atoms with E-state index in [0.717, 1.165) is 11.1 Å². The molecule has 0 amide bonds. The van der Waals surface area contributed by atoms with Crippen LogP contribution in [0.15, 0.2) is 41.3 Å². The summed E-state index contributed by atoms with van der Waals surface area (Å²) in [5.74, 6) is 0.298. The quantitative estimate of drug-likeness (QED) is 0.931. The zero-order valence-electron chi connectivity index (χ0n) is 12.0. The zero-order valence-corrected chi connectivity index (χ0v) is 13.5. The van der Waals surface area contributed by atoms with Crippen molar-refractivity contribution in [3.8, 4) is 5.75 Å². The van der Waals surface area contributed by atoms with E-state index in [1.807, 2.05) is 13.8 Å². The minimum Gasteiger partial charge on any atom is -0.495 e. The second-order valence-corrected chi connectivity index (χ2v) is 6.78. The fourth-order valence-electron chi connectivity index (χ4n) is 1.86. The van der Waals surface area contributed by atoms with Crippen molar-refractivity contribution in [2.45, 2.75) is 18.7 Å². The Kier molecular flexibility index (Phi) is 4.44. The summed E-state index contributed by atoms with van der Waals surface area (Å²) in [6.45, 7) is 3.67. The first-order valence-corrected chi connectivity index (χ1v) is 8.13. The van der Waals surface area contributed by atoms with Gasteiger partial charge in [-0.05, 0) is 49.2 Å². The molecule has 0 aliphatic rings. The summed E-state index contributed by atoms with van der Waals surface area (Å²) in [6, 6.07) is 10.00. The lowest BCUT2D eigenvalue weighted by Gasteiger charge is -2.13. The molecule has 0 radical (unpaired) electrons. The van der Waals surface area contributed by atoms with Gasteiger partial charge < -0.3 is 4.74 Å². The Morgan fingerprint density at radius 2 is 1.81 bits per heavy atom. The predicted octanol–water partition coefficient (Wildman–Crippen LogP) is 3.77. The monoisotopic (exact) mass is 325 g/mol. The molecule has 0 saturated carbocycles. The average Bonchev–Trinajstić information content (AvgIpc) is 2.42. The second kappa shape index (κ2) is 5.95. The van der Waals surface area contributed by atoms with Gasteiger partial charge in [-0.25, -0.2) is 8.42 Å². The highest BCUT2D eigenvalue weighted by Gasteiger charge is 2.20. The van der Waals surface area contributed by atoms with Crippen LogP contribution in [-0.4, -0.2) is 15.5 Å². The summed E-state index contributed by atoms with van der Waals surface area (Å²) in [7, 11) is -2.30. The van der Waals surface area contributed by atoms with Crippen molar-refractivity contribution in [1.29, 1.82) is 0 Å². The number of aryl methyl sites for hydroxylation is 2. The fourth-order valence-corrected chi connectivity index (χ4v) is 3.35. The van der Waals surface area contributed by atoms with E-state index < -0.39 is 10.0 Å². The molecule has 1 N–H and O–H groups in total. The van der Waals surface area contributed by atoms with Gasteiger partial charge in [-0.3, -0.25) is 4.72 Å². The molecule has 112 valence electrons. The van der Waals surface area contributed by atoms with Crippen molar-refractivity contribution >= 4 is 27.3 Å². The van der Waals surface area contributed by atoms with E-state index in [-0.39, 0.29) is 4.90 Å². The molecule has 0 saturated heterocycles. The van der Waals surface area contributed by atoms with E-state index in [1.165, 1.54) is 7.11 Å². The van der Waals surface area contributed by atoms with Crippen LogP contribution in [0.3, 0.4) is 0 Å². The minimum atomic E-state index is -3.74. The standard InChI is InChI=1S/C15H16ClNO3S/c1-10-4-7-14(20-3)15(8-10)21(18,19)17-12-6-5-11(2)13(16)9-12/h4-9,17H,1-3H3. The zero-order chi connectivity index (χ0) is 15.6. The molecule has 0 atom stereocenters.